The van der Waals surface area contributed by atoms with E-state index in [2.05, 4.69) is 0 Å². The van der Waals surface area contributed by atoms with Gasteiger partial charge in [0.2, 0.25) is 0 Å². The van der Waals surface area contributed by atoms with Crippen molar-refractivity contribution in [3.63, 3.8) is 0 Å². The average Bonchev–Trinajstić information content (AvgIpc) is 2.13. The summed E-state index contributed by atoms with van der Waals surface area (Å²) in [5, 5.41) is 11.0. The number of halogens is 4. The largest absolute Gasteiger partial charge is 0.508 e. The van der Waals surface area contributed by atoms with Crippen molar-refractivity contribution in [2.45, 2.75) is 25.6 Å². The maximum Gasteiger partial charge on any atom is 0.391 e. The molecule has 1 atom stereocenters. The topological polar surface area (TPSA) is 49.3 Å². The number of aromatic hydroxyl groups is 1. The first-order valence-corrected chi connectivity index (χ1v) is 5.05. The number of phenolic OH excluding ortho intramolecular Hbond substituents is 1. The number of carbonyl (C=O) groups is 1. The third kappa shape index (κ3) is 4.23. The van der Waals surface area contributed by atoms with Gasteiger partial charge in [-0.25, -0.2) is 4.39 Å². The molecule has 1 rings (SSSR count). The van der Waals surface area contributed by atoms with Crippen LogP contribution in [0, 0.1) is 5.82 Å². The molecule has 0 heterocycles. The van der Waals surface area contributed by atoms with Crippen LogP contribution in [0.25, 0.3) is 0 Å². The Labute approximate surface area is 100 Å². The lowest BCUT2D eigenvalue weighted by Gasteiger charge is -2.16. The minimum atomic E-state index is -4.40. The number of alkyl halides is 3. The number of benzene rings is 1. The van der Waals surface area contributed by atoms with E-state index in [1.54, 1.807) is 0 Å². The Bertz CT molecular complexity index is 445. The van der Waals surface area contributed by atoms with Crippen molar-refractivity contribution < 1.29 is 27.5 Å². The van der Waals surface area contributed by atoms with E-state index in [0.29, 0.717) is 6.07 Å². The predicted molar refractivity (Wildman–Crippen MR) is 55.7 cm³/mol. The van der Waals surface area contributed by atoms with Crippen molar-refractivity contribution in [3.05, 3.63) is 29.6 Å². The summed E-state index contributed by atoms with van der Waals surface area (Å²) in [6.07, 6.45) is -5.60. The first kappa shape index (κ1) is 14.3. The summed E-state index contributed by atoms with van der Waals surface area (Å²) in [6, 6.07) is 1.63. The Morgan fingerprint density at radius 3 is 2.56 bits per heavy atom. The van der Waals surface area contributed by atoms with Gasteiger partial charge in [-0.15, -0.1) is 0 Å². The fourth-order valence-electron chi connectivity index (χ4n) is 1.39. The molecule has 0 aromatic heterocycles. The van der Waals surface area contributed by atoms with E-state index >= 15 is 0 Å². The monoisotopic (exact) mass is 265 g/mol. The Morgan fingerprint density at radius 2 is 2.06 bits per heavy atom. The van der Waals surface area contributed by atoms with Gasteiger partial charge in [-0.3, -0.25) is 4.79 Å². The molecule has 100 valence electrons. The Morgan fingerprint density at radius 1 is 1.44 bits per heavy atom. The number of hydrogen-bond acceptors (Lipinski definition) is 2. The number of amides is 1. The summed E-state index contributed by atoms with van der Waals surface area (Å²) in [5.74, 6) is -2.32. The summed E-state index contributed by atoms with van der Waals surface area (Å²) in [7, 11) is 0. The molecule has 0 aliphatic rings. The van der Waals surface area contributed by atoms with Gasteiger partial charge in [0.05, 0.1) is 12.0 Å². The highest BCUT2D eigenvalue weighted by atomic mass is 19.4. The van der Waals surface area contributed by atoms with E-state index in [1.807, 2.05) is 5.32 Å². The van der Waals surface area contributed by atoms with Gasteiger partial charge in [-0.05, 0) is 19.1 Å². The molecule has 0 radical (unpaired) electrons. The fraction of sp³-hybridized carbons (Fsp3) is 0.364. The molecule has 1 aromatic rings. The van der Waals surface area contributed by atoms with Crippen molar-refractivity contribution in [3.8, 4) is 5.75 Å². The molecule has 1 aromatic carbocycles. The van der Waals surface area contributed by atoms with Crippen LogP contribution < -0.4 is 5.32 Å². The van der Waals surface area contributed by atoms with Crippen LogP contribution in [0.3, 0.4) is 0 Å². The predicted octanol–water partition coefficient (Wildman–Crippen LogP) is 2.60. The van der Waals surface area contributed by atoms with Crippen LogP contribution in [-0.4, -0.2) is 23.2 Å². The maximum absolute atomic E-state index is 13.2. The quantitative estimate of drug-likeness (QED) is 0.825. The number of rotatable bonds is 3. The first-order chi connectivity index (χ1) is 8.19. The zero-order chi connectivity index (χ0) is 13.9. The van der Waals surface area contributed by atoms with Crippen LogP contribution >= 0.6 is 0 Å². The molecule has 1 amide bonds. The highest BCUT2D eigenvalue weighted by Gasteiger charge is 2.30. The molecule has 0 saturated heterocycles. The highest BCUT2D eigenvalue weighted by molar-refractivity contribution is 5.94. The normalized spacial score (nSPS) is 13.2. The van der Waals surface area contributed by atoms with Gasteiger partial charge in [0.1, 0.15) is 11.6 Å². The lowest BCUT2D eigenvalue weighted by Crippen LogP contribution is -2.36. The van der Waals surface area contributed by atoms with Crippen molar-refractivity contribution >= 4 is 5.91 Å². The van der Waals surface area contributed by atoms with Crippen LogP contribution in [-0.2, 0) is 0 Å². The number of phenols is 1. The van der Waals surface area contributed by atoms with Crippen LogP contribution in [0.15, 0.2) is 18.2 Å². The summed E-state index contributed by atoms with van der Waals surface area (Å²) in [6.45, 7) is 1.17. The van der Waals surface area contributed by atoms with Crippen LogP contribution in [0.2, 0.25) is 0 Å². The molecular formula is C11H11F4NO2. The Balaban J connectivity index is 2.71. The van der Waals surface area contributed by atoms with E-state index in [0.717, 1.165) is 12.1 Å². The van der Waals surface area contributed by atoms with E-state index in [-0.39, 0.29) is 5.75 Å². The molecule has 18 heavy (non-hydrogen) atoms. The van der Waals surface area contributed by atoms with Crippen LogP contribution in [0.5, 0.6) is 5.75 Å². The third-order valence-corrected chi connectivity index (χ3v) is 2.11. The van der Waals surface area contributed by atoms with Crippen molar-refractivity contribution in [1.82, 2.24) is 5.32 Å². The van der Waals surface area contributed by atoms with Crippen molar-refractivity contribution in [2.24, 2.45) is 0 Å². The summed E-state index contributed by atoms with van der Waals surface area (Å²) in [5.41, 5.74) is -0.415. The molecule has 0 bridgehead atoms. The highest BCUT2D eigenvalue weighted by Crippen LogP contribution is 2.22. The lowest BCUT2D eigenvalue weighted by molar-refractivity contribution is -0.138. The minimum absolute atomic E-state index is 0.368. The molecule has 0 aliphatic carbocycles. The number of carbonyl (C=O) groups excluding carboxylic acids is 1. The second-order valence-corrected chi connectivity index (χ2v) is 3.86. The molecule has 0 spiro atoms. The Kier molecular flexibility index (Phi) is 4.15. The van der Waals surface area contributed by atoms with Gasteiger partial charge in [0, 0.05) is 12.1 Å². The van der Waals surface area contributed by atoms with Gasteiger partial charge >= 0.3 is 6.18 Å². The zero-order valence-electron chi connectivity index (χ0n) is 9.38. The lowest BCUT2D eigenvalue weighted by atomic mass is 10.1. The van der Waals surface area contributed by atoms with Crippen molar-refractivity contribution in [2.75, 3.05) is 0 Å². The molecule has 2 N–H and O–H groups in total. The number of hydrogen-bond donors (Lipinski definition) is 2. The first-order valence-electron chi connectivity index (χ1n) is 5.05. The van der Waals surface area contributed by atoms with E-state index in [4.69, 9.17) is 5.11 Å². The smallest absolute Gasteiger partial charge is 0.391 e. The average molecular weight is 265 g/mol. The molecule has 3 nitrogen and oxygen atoms in total. The standard InChI is InChI=1S/C11H11F4NO2/c1-6(5-11(13,14)15)16-10(18)8-3-2-7(17)4-9(8)12/h2-4,6,17H,5H2,1H3,(H,16,18). The minimum Gasteiger partial charge on any atom is -0.508 e. The van der Waals surface area contributed by atoms with Crippen LogP contribution in [0.4, 0.5) is 17.6 Å². The van der Waals surface area contributed by atoms with Gasteiger partial charge in [-0.1, -0.05) is 0 Å². The van der Waals surface area contributed by atoms with E-state index in [1.165, 1.54) is 6.92 Å². The molecule has 7 heteroatoms. The summed E-state index contributed by atoms with van der Waals surface area (Å²) < 4.78 is 49.3. The van der Waals surface area contributed by atoms with Gasteiger partial charge in [0.25, 0.3) is 5.91 Å². The molecule has 0 fully saturated rings. The Hall–Kier alpha value is -1.79. The van der Waals surface area contributed by atoms with Gasteiger partial charge < -0.3 is 10.4 Å². The second kappa shape index (κ2) is 5.24. The molecular weight excluding hydrogens is 254 g/mol. The molecule has 0 saturated carbocycles. The summed E-state index contributed by atoms with van der Waals surface area (Å²) in [4.78, 5) is 11.5. The SMILES string of the molecule is CC(CC(F)(F)F)NC(=O)c1ccc(O)cc1F. The zero-order valence-corrected chi connectivity index (χ0v) is 9.38. The van der Waals surface area contributed by atoms with Crippen LogP contribution in [0.1, 0.15) is 23.7 Å². The van der Waals surface area contributed by atoms with E-state index < -0.39 is 35.9 Å². The maximum atomic E-state index is 13.2. The van der Waals surface area contributed by atoms with Crippen molar-refractivity contribution in [1.29, 1.82) is 0 Å². The van der Waals surface area contributed by atoms with Gasteiger partial charge in [-0.2, -0.15) is 13.2 Å². The third-order valence-electron chi connectivity index (χ3n) is 2.11. The fourth-order valence-corrected chi connectivity index (χ4v) is 1.39. The second-order valence-electron chi connectivity index (χ2n) is 3.86. The van der Waals surface area contributed by atoms with Gasteiger partial charge in [0.15, 0.2) is 0 Å². The molecule has 1 unspecified atom stereocenters. The summed E-state index contributed by atoms with van der Waals surface area (Å²) >= 11 is 0. The van der Waals surface area contributed by atoms with E-state index in [9.17, 15) is 22.4 Å². The number of nitrogens with one attached hydrogen (secondary N) is 1. The molecule has 0 aliphatic heterocycles.